The number of nitrogens with one attached hydrogen (secondary N) is 4. The Kier molecular flexibility index (Phi) is 13.1. The Hall–Kier alpha value is -2.85. The van der Waals surface area contributed by atoms with Crippen molar-refractivity contribution in [1.29, 1.82) is 0 Å². The molecule has 0 heterocycles. The van der Waals surface area contributed by atoms with Crippen LogP contribution in [0.4, 0.5) is 21.0 Å². The second-order valence-electron chi connectivity index (χ2n) is 10.1. The number of benzene rings is 1. The highest BCUT2D eigenvalue weighted by molar-refractivity contribution is 5.98. The van der Waals surface area contributed by atoms with Crippen LogP contribution in [0.25, 0.3) is 0 Å². The average molecular weight is 493 g/mol. The number of amides is 4. The van der Waals surface area contributed by atoms with Crippen molar-refractivity contribution in [3.8, 4) is 0 Å². The van der Waals surface area contributed by atoms with Crippen LogP contribution in [0, 0.1) is 0 Å². The Morgan fingerprint density at radius 3 is 1.54 bits per heavy atom. The van der Waals surface area contributed by atoms with Gasteiger partial charge >= 0.3 is 18.0 Å². The molecule has 35 heavy (non-hydrogen) atoms. The van der Waals surface area contributed by atoms with E-state index in [0.29, 0.717) is 24.5 Å². The van der Waals surface area contributed by atoms with E-state index < -0.39 is 11.6 Å². The van der Waals surface area contributed by atoms with Gasteiger partial charge in [-0.15, -0.1) is 0 Å². The number of esters is 1. The SMILES string of the molecule is CN(C)CCCCNC(=O)Nc1cc(NC(=O)NCCCCN(C)C)cc(C(=O)OC(C)(C)C)c1. The highest BCUT2D eigenvalue weighted by atomic mass is 16.6. The first-order valence-corrected chi connectivity index (χ1v) is 12.1. The van der Waals surface area contributed by atoms with Gasteiger partial charge in [0.2, 0.25) is 0 Å². The number of rotatable bonds is 13. The van der Waals surface area contributed by atoms with E-state index in [9.17, 15) is 14.4 Å². The number of urea groups is 2. The number of nitrogens with zero attached hydrogens (tertiary/aromatic N) is 2. The maximum atomic E-state index is 12.6. The molecule has 4 N–H and O–H groups in total. The van der Waals surface area contributed by atoms with Gasteiger partial charge in [0.05, 0.1) is 5.56 Å². The molecule has 1 aromatic rings. The number of hydrogen-bond acceptors (Lipinski definition) is 6. The summed E-state index contributed by atoms with van der Waals surface area (Å²) >= 11 is 0. The molecule has 1 aromatic carbocycles. The Morgan fingerprint density at radius 1 is 0.743 bits per heavy atom. The minimum atomic E-state index is -0.679. The van der Waals surface area contributed by atoms with Crippen molar-refractivity contribution < 1.29 is 19.1 Å². The summed E-state index contributed by atoms with van der Waals surface area (Å²) in [4.78, 5) is 41.5. The quantitative estimate of drug-likeness (QED) is 0.247. The van der Waals surface area contributed by atoms with E-state index in [1.54, 1.807) is 26.8 Å². The summed E-state index contributed by atoms with van der Waals surface area (Å²) in [6.45, 7) is 8.31. The number of carbonyl (C=O) groups excluding carboxylic acids is 3. The van der Waals surface area contributed by atoms with Gasteiger partial charge in [-0.1, -0.05) is 0 Å². The summed E-state index contributed by atoms with van der Waals surface area (Å²) in [7, 11) is 8.04. The Morgan fingerprint density at radius 2 is 1.17 bits per heavy atom. The van der Waals surface area contributed by atoms with E-state index in [1.807, 2.05) is 28.2 Å². The number of ether oxygens (including phenoxy) is 1. The molecule has 10 heteroatoms. The van der Waals surface area contributed by atoms with Crippen molar-refractivity contribution in [2.45, 2.75) is 52.1 Å². The second kappa shape index (κ2) is 15.2. The minimum Gasteiger partial charge on any atom is -0.456 e. The predicted octanol–water partition coefficient (Wildman–Crippen LogP) is 3.57. The van der Waals surface area contributed by atoms with Crippen molar-refractivity contribution in [3.63, 3.8) is 0 Å². The smallest absolute Gasteiger partial charge is 0.338 e. The summed E-state index contributed by atoms with van der Waals surface area (Å²) in [6, 6.07) is 3.90. The first-order chi connectivity index (χ1) is 16.4. The molecular weight excluding hydrogens is 448 g/mol. The number of unbranched alkanes of at least 4 members (excludes halogenated alkanes) is 2. The van der Waals surface area contributed by atoms with Gasteiger partial charge in [-0.2, -0.15) is 0 Å². The number of carbonyl (C=O) groups is 3. The largest absolute Gasteiger partial charge is 0.456 e. The summed E-state index contributed by atoms with van der Waals surface area (Å²) < 4.78 is 5.46. The number of hydrogen-bond donors (Lipinski definition) is 4. The highest BCUT2D eigenvalue weighted by Crippen LogP contribution is 2.22. The van der Waals surface area contributed by atoms with Gasteiger partial charge in [0, 0.05) is 24.5 Å². The van der Waals surface area contributed by atoms with E-state index in [0.717, 1.165) is 38.8 Å². The molecule has 0 radical (unpaired) electrons. The predicted molar refractivity (Wildman–Crippen MR) is 141 cm³/mol. The molecule has 0 unspecified atom stereocenters. The third-order valence-corrected chi connectivity index (χ3v) is 4.72. The van der Waals surface area contributed by atoms with E-state index in [-0.39, 0.29) is 17.6 Å². The van der Waals surface area contributed by atoms with Gasteiger partial charge in [-0.25, -0.2) is 14.4 Å². The fourth-order valence-corrected chi connectivity index (χ4v) is 3.09. The van der Waals surface area contributed by atoms with Crippen molar-refractivity contribution in [2.24, 2.45) is 0 Å². The van der Waals surface area contributed by atoms with Crippen molar-refractivity contribution in [3.05, 3.63) is 23.8 Å². The van der Waals surface area contributed by atoms with Gasteiger partial charge in [-0.05, 0) is 106 Å². The molecule has 0 aliphatic rings. The van der Waals surface area contributed by atoms with Crippen LogP contribution in [0.1, 0.15) is 56.8 Å². The molecule has 0 saturated heterocycles. The molecule has 4 amide bonds. The molecule has 0 bridgehead atoms. The van der Waals surface area contributed by atoms with E-state index in [2.05, 4.69) is 31.1 Å². The monoisotopic (exact) mass is 492 g/mol. The molecule has 0 aliphatic heterocycles. The standard InChI is InChI=1S/C25H44N6O4/c1-25(2,3)35-22(32)19-16-20(28-23(33)26-12-8-10-14-30(4)5)18-21(17-19)29-24(34)27-13-9-11-15-31(6)7/h16-18H,8-15H2,1-7H3,(H2,26,28,33)(H2,27,29,34). The van der Waals surface area contributed by atoms with Crippen LogP contribution in [-0.2, 0) is 4.74 Å². The lowest BCUT2D eigenvalue weighted by molar-refractivity contribution is 0.00695. The van der Waals surface area contributed by atoms with Gasteiger partial charge < -0.3 is 35.8 Å². The zero-order valence-electron chi connectivity index (χ0n) is 22.4. The summed E-state index contributed by atoms with van der Waals surface area (Å²) in [6.07, 6.45) is 3.65. The van der Waals surface area contributed by atoms with Crippen LogP contribution in [0.5, 0.6) is 0 Å². The minimum absolute atomic E-state index is 0.227. The molecule has 198 valence electrons. The topological polar surface area (TPSA) is 115 Å². The molecular formula is C25H44N6O4. The van der Waals surface area contributed by atoms with Crippen LogP contribution >= 0.6 is 0 Å². The fourth-order valence-electron chi connectivity index (χ4n) is 3.09. The third kappa shape index (κ3) is 14.9. The normalized spacial score (nSPS) is 11.3. The first-order valence-electron chi connectivity index (χ1n) is 12.1. The van der Waals surface area contributed by atoms with Gasteiger partial charge in [0.15, 0.2) is 0 Å². The molecule has 0 spiro atoms. The molecule has 1 rings (SSSR count). The summed E-state index contributed by atoms with van der Waals surface area (Å²) in [5, 5.41) is 11.1. The van der Waals surface area contributed by atoms with E-state index in [4.69, 9.17) is 4.74 Å². The first kappa shape index (κ1) is 30.2. The van der Waals surface area contributed by atoms with Crippen LogP contribution in [0.3, 0.4) is 0 Å². The van der Waals surface area contributed by atoms with Crippen LogP contribution < -0.4 is 21.3 Å². The molecule has 0 aliphatic carbocycles. The third-order valence-electron chi connectivity index (χ3n) is 4.72. The van der Waals surface area contributed by atoms with Gasteiger partial charge in [-0.3, -0.25) is 0 Å². The molecule has 0 aromatic heterocycles. The Labute approximate surface area is 210 Å². The lowest BCUT2D eigenvalue weighted by Crippen LogP contribution is -2.31. The van der Waals surface area contributed by atoms with Crippen molar-refractivity contribution in [1.82, 2.24) is 20.4 Å². The molecule has 0 atom stereocenters. The van der Waals surface area contributed by atoms with Crippen LogP contribution in [0.15, 0.2) is 18.2 Å². The van der Waals surface area contributed by atoms with Gasteiger partial charge in [0.25, 0.3) is 0 Å². The maximum Gasteiger partial charge on any atom is 0.338 e. The molecule has 0 fully saturated rings. The molecule has 10 nitrogen and oxygen atoms in total. The summed E-state index contributed by atoms with van der Waals surface area (Å²) in [5.41, 5.74) is 0.299. The van der Waals surface area contributed by atoms with Gasteiger partial charge in [0.1, 0.15) is 5.60 Å². The second-order valence-corrected chi connectivity index (χ2v) is 10.1. The maximum absolute atomic E-state index is 12.6. The zero-order valence-corrected chi connectivity index (χ0v) is 22.4. The number of anilines is 2. The Bertz CT molecular complexity index is 770. The van der Waals surface area contributed by atoms with E-state index >= 15 is 0 Å². The fraction of sp³-hybridized carbons (Fsp3) is 0.640. The summed E-state index contributed by atoms with van der Waals surface area (Å²) in [5.74, 6) is -0.544. The lowest BCUT2D eigenvalue weighted by Gasteiger charge is -2.20. The highest BCUT2D eigenvalue weighted by Gasteiger charge is 2.19. The van der Waals surface area contributed by atoms with Crippen molar-refractivity contribution >= 4 is 29.4 Å². The van der Waals surface area contributed by atoms with Crippen LogP contribution in [0.2, 0.25) is 0 Å². The van der Waals surface area contributed by atoms with Crippen molar-refractivity contribution in [2.75, 3.05) is 65.0 Å². The van der Waals surface area contributed by atoms with E-state index in [1.165, 1.54) is 12.1 Å². The average Bonchev–Trinajstić information content (AvgIpc) is 2.71. The molecule has 0 saturated carbocycles. The van der Waals surface area contributed by atoms with Crippen LogP contribution in [-0.4, -0.2) is 87.8 Å². The Balaban J connectivity index is 2.80. The zero-order chi connectivity index (χ0) is 26.4. The lowest BCUT2D eigenvalue weighted by atomic mass is 10.1.